The first-order valence-corrected chi connectivity index (χ1v) is 7.55. The lowest BCUT2D eigenvalue weighted by Crippen LogP contribution is -2.01. The maximum absolute atomic E-state index is 12.0. The first kappa shape index (κ1) is 14.9. The Bertz CT molecular complexity index is 750. The molecule has 0 fully saturated rings. The van der Waals surface area contributed by atoms with E-state index in [0.29, 0.717) is 11.3 Å². The van der Waals surface area contributed by atoms with Crippen molar-refractivity contribution in [2.45, 2.75) is 11.8 Å². The van der Waals surface area contributed by atoms with Gasteiger partial charge >= 0.3 is 5.97 Å². The lowest BCUT2D eigenvalue weighted by molar-refractivity contribution is -0.131. The molecule has 0 radical (unpaired) electrons. The Kier molecular flexibility index (Phi) is 4.49. The topological polar surface area (TPSA) is 72.8 Å². The van der Waals surface area contributed by atoms with E-state index in [4.69, 9.17) is 4.74 Å². The largest absolute Gasteiger partial charge is 0.427 e. The summed E-state index contributed by atoms with van der Waals surface area (Å²) in [6.07, 6.45) is 1.25. The van der Waals surface area contributed by atoms with Gasteiger partial charge in [-0.25, -0.2) is 0 Å². The summed E-state index contributed by atoms with van der Waals surface area (Å²) >= 11 is 0. The first-order chi connectivity index (χ1) is 9.97. The van der Waals surface area contributed by atoms with Crippen molar-refractivity contribution in [2.24, 2.45) is 4.40 Å². The van der Waals surface area contributed by atoms with Crippen LogP contribution in [0.25, 0.3) is 0 Å². The number of hydrogen-bond donors (Lipinski definition) is 0. The van der Waals surface area contributed by atoms with Gasteiger partial charge in [0.25, 0.3) is 10.0 Å². The van der Waals surface area contributed by atoms with Crippen LogP contribution in [0.3, 0.4) is 0 Å². The Morgan fingerprint density at radius 2 is 1.67 bits per heavy atom. The van der Waals surface area contributed by atoms with E-state index in [2.05, 4.69) is 4.40 Å². The summed E-state index contributed by atoms with van der Waals surface area (Å²) in [6.45, 7) is 1.31. The number of rotatable bonds is 4. The molecule has 0 aliphatic rings. The molecule has 2 rings (SSSR count). The molecule has 6 heteroatoms. The van der Waals surface area contributed by atoms with Crippen molar-refractivity contribution < 1.29 is 17.9 Å². The summed E-state index contributed by atoms with van der Waals surface area (Å²) in [5.74, 6) is -0.0198. The summed E-state index contributed by atoms with van der Waals surface area (Å²) in [6, 6.07) is 14.3. The summed E-state index contributed by atoms with van der Waals surface area (Å²) in [7, 11) is -3.70. The number of carbonyl (C=O) groups excluding carboxylic acids is 1. The Balaban J connectivity index is 2.16. The Labute approximate surface area is 123 Å². The highest BCUT2D eigenvalue weighted by molar-refractivity contribution is 7.90. The van der Waals surface area contributed by atoms with Crippen molar-refractivity contribution in [2.75, 3.05) is 0 Å². The normalized spacial score (nSPS) is 11.5. The van der Waals surface area contributed by atoms with Crippen molar-refractivity contribution in [3.05, 3.63) is 60.2 Å². The van der Waals surface area contributed by atoms with Crippen molar-refractivity contribution in [3.63, 3.8) is 0 Å². The maximum Gasteiger partial charge on any atom is 0.308 e. The molecule has 0 aliphatic heterocycles. The lowest BCUT2D eigenvalue weighted by atomic mass is 10.2. The average molecular weight is 303 g/mol. The molecule has 21 heavy (non-hydrogen) atoms. The van der Waals surface area contributed by atoms with Gasteiger partial charge in [-0.2, -0.15) is 12.8 Å². The van der Waals surface area contributed by atoms with E-state index in [1.807, 2.05) is 0 Å². The summed E-state index contributed by atoms with van der Waals surface area (Å²) in [5, 5.41) is 0. The van der Waals surface area contributed by atoms with Crippen LogP contribution in [-0.4, -0.2) is 20.6 Å². The van der Waals surface area contributed by atoms with E-state index in [1.54, 1.807) is 42.5 Å². The standard InChI is InChI=1S/C15H13NO4S/c1-12(17)20-14-9-7-13(8-10-14)11-16-21(18,19)15-5-3-2-4-6-15/h2-11H,1H3/b16-11-. The molecule has 0 unspecified atom stereocenters. The van der Waals surface area contributed by atoms with E-state index in [9.17, 15) is 13.2 Å². The second-order valence-corrected chi connectivity index (χ2v) is 5.82. The van der Waals surface area contributed by atoms with Gasteiger partial charge in [0.2, 0.25) is 0 Å². The quantitative estimate of drug-likeness (QED) is 0.494. The van der Waals surface area contributed by atoms with Crippen molar-refractivity contribution in [3.8, 4) is 5.75 Å². The number of benzene rings is 2. The molecule has 0 heterocycles. The minimum Gasteiger partial charge on any atom is -0.427 e. The molecule has 108 valence electrons. The fraction of sp³-hybridized carbons (Fsp3) is 0.0667. The van der Waals surface area contributed by atoms with Crippen molar-refractivity contribution in [1.29, 1.82) is 0 Å². The van der Waals surface area contributed by atoms with Gasteiger partial charge < -0.3 is 4.74 Å². The highest BCUT2D eigenvalue weighted by atomic mass is 32.2. The lowest BCUT2D eigenvalue weighted by Gasteiger charge is -2.01. The predicted octanol–water partition coefficient (Wildman–Crippen LogP) is 2.42. The van der Waals surface area contributed by atoms with Crippen LogP contribution in [-0.2, 0) is 14.8 Å². The van der Waals surface area contributed by atoms with E-state index >= 15 is 0 Å². The first-order valence-electron chi connectivity index (χ1n) is 6.11. The number of carbonyl (C=O) groups is 1. The third-order valence-electron chi connectivity index (χ3n) is 2.52. The number of hydrogen-bond acceptors (Lipinski definition) is 4. The van der Waals surface area contributed by atoms with Gasteiger partial charge in [0.05, 0.1) is 4.90 Å². The molecule has 5 nitrogen and oxygen atoms in total. The van der Waals surface area contributed by atoms with Crippen LogP contribution in [0.4, 0.5) is 0 Å². The number of sulfonamides is 1. The van der Waals surface area contributed by atoms with E-state index in [0.717, 1.165) is 0 Å². The van der Waals surface area contributed by atoms with Crippen LogP contribution in [0, 0.1) is 0 Å². The molecular formula is C15H13NO4S. The van der Waals surface area contributed by atoms with Crippen LogP contribution in [0.2, 0.25) is 0 Å². The molecule has 0 N–H and O–H groups in total. The molecule has 0 aromatic heterocycles. The molecule has 0 atom stereocenters. The van der Waals surface area contributed by atoms with Crippen LogP contribution < -0.4 is 4.74 Å². The smallest absolute Gasteiger partial charge is 0.308 e. The average Bonchev–Trinajstić information content (AvgIpc) is 2.47. The Hall–Kier alpha value is -2.47. The second-order valence-electron chi connectivity index (χ2n) is 4.19. The van der Waals surface area contributed by atoms with Gasteiger partial charge in [0.1, 0.15) is 5.75 Å². The molecule has 0 saturated carbocycles. The van der Waals surface area contributed by atoms with Gasteiger partial charge in [0, 0.05) is 13.1 Å². The van der Waals surface area contributed by atoms with Crippen LogP contribution in [0.15, 0.2) is 63.9 Å². The zero-order valence-electron chi connectivity index (χ0n) is 11.3. The van der Waals surface area contributed by atoms with Gasteiger partial charge in [-0.3, -0.25) is 4.79 Å². The zero-order chi connectivity index (χ0) is 15.3. The molecular weight excluding hydrogens is 290 g/mol. The monoisotopic (exact) mass is 303 g/mol. The molecule has 2 aromatic rings. The highest BCUT2D eigenvalue weighted by Crippen LogP contribution is 2.13. The van der Waals surface area contributed by atoms with Crippen LogP contribution in [0.1, 0.15) is 12.5 Å². The third-order valence-corrected chi connectivity index (χ3v) is 3.77. The minimum atomic E-state index is -3.70. The van der Waals surface area contributed by atoms with Crippen molar-refractivity contribution >= 4 is 22.2 Å². The Morgan fingerprint density at radius 1 is 1.05 bits per heavy atom. The van der Waals surface area contributed by atoms with Crippen LogP contribution >= 0.6 is 0 Å². The summed E-state index contributed by atoms with van der Waals surface area (Å²) < 4.78 is 32.4. The number of ether oxygens (including phenoxy) is 1. The third kappa shape index (κ3) is 4.25. The fourth-order valence-corrected chi connectivity index (χ4v) is 2.45. The summed E-state index contributed by atoms with van der Waals surface area (Å²) in [5.41, 5.74) is 0.588. The van der Waals surface area contributed by atoms with Gasteiger partial charge in [0.15, 0.2) is 0 Å². The highest BCUT2D eigenvalue weighted by Gasteiger charge is 2.10. The SMILES string of the molecule is CC(=O)Oc1ccc(/C=N\S(=O)(=O)c2ccccc2)cc1. The molecule has 0 amide bonds. The number of esters is 1. The van der Waals surface area contributed by atoms with Gasteiger partial charge in [-0.05, 0) is 42.0 Å². The van der Waals surface area contributed by atoms with Crippen LogP contribution in [0.5, 0.6) is 5.75 Å². The van der Waals surface area contributed by atoms with E-state index < -0.39 is 16.0 Å². The zero-order valence-corrected chi connectivity index (χ0v) is 12.1. The fourth-order valence-electron chi connectivity index (χ4n) is 1.57. The number of nitrogens with zero attached hydrogens (tertiary/aromatic N) is 1. The summed E-state index contributed by atoms with van der Waals surface area (Å²) in [4.78, 5) is 10.9. The molecule has 2 aromatic carbocycles. The molecule has 0 saturated heterocycles. The van der Waals surface area contributed by atoms with E-state index in [-0.39, 0.29) is 4.90 Å². The maximum atomic E-state index is 12.0. The molecule has 0 bridgehead atoms. The van der Waals surface area contributed by atoms with Gasteiger partial charge in [-0.1, -0.05) is 18.2 Å². The minimum absolute atomic E-state index is 0.137. The Morgan fingerprint density at radius 3 is 2.24 bits per heavy atom. The predicted molar refractivity (Wildman–Crippen MR) is 79.0 cm³/mol. The van der Waals surface area contributed by atoms with Gasteiger partial charge in [-0.15, -0.1) is 0 Å². The molecule has 0 spiro atoms. The second kappa shape index (κ2) is 6.32. The van der Waals surface area contributed by atoms with E-state index in [1.165, 1.54) is 25.3 Å². The molecule has 0 aliphatic carbocycles. The van der Waals surface area contributed by atoms with Crippen molar-refractivity contribution in [1.82, 2.24) is 0 Å².